The lowest BCUT2D eigenvalue weighted by atomic mass is 10.1. The first-order valence-electron chi connectivity index (χ1n) is 8.35. The van der Waals surface area contributed by atoms with Crippen LogP contribution in [0.1, 0.15) is 22.4 Å². The Labute approximate surface area is 175 Å². The molecule has 1 amide bonds. The standard InChI is InChI=1S/C18H25N5OS.HI/c1-4-14-6-5-7-15(10-14)23-16(24)12-22-18(19-3)20-9-8-17-21-11-13(2)25-17;/h5-7,10-11H,4,8-9,12H2,1-3H3,(H,23,24)(H2,19,20,22);1H. The van der Waals surface area contributed by atoms with Crippen LogP contribution in [0, 0.1) is 6.92 Å². The summed E-state index contributed by atoms with van der Waals surface area (Å²) in [7, 11) is 1.69. The second-order valence-corrected chi connectivity index (χ2v) is 6.89. The number of aryl methyl sites for hydroxylation is 2. The highest BCUT2D eigenvalue weighted by atomic mass is 127. The Morgan fingerprint density at radius 1 is 1.31 bits per heavy atom. The molecule has 0 saturated heterocycles. The molecule has 0 spiro atoms. The molecule has 0 bridgehead atoms. The second kappa shape index (κ2) is 11.8. The Kier molecular flexibility index (Phi) is 10.2. The highest BCUT2D eigenvalue weighted by molar-refractivity contribution is 14.0. The third-order valence-corrected chi connectivity index (χ3v) is 4.53. The summed E-state index contributed by atoms with van der Waals surface area (Å²) in [4.78, 5) is 21.7. The summed E-state index contributed by atoms with van der Waals surface area (Å²) in [6.07, 6.45) is 3.65. The molecule has 0 aliphatic carbocycles. The summed E-state index contributed by atoms with van der Waals surface area (Å²) >= 11 is 1.69. The minimum Gasteiger partial charge on any atom is -0.356 e. The van der Waals surface area contributed by atoms with Gasteiger partial charge in [0.05, 0.1) is 11.6 Å². The van der Waals surface area contributed by atoms with Crippen molar-refractivity contribution in [1.29, 1.82) is 0 Å². The van der Waals surface area contributed by atoms with Crippen molar-refractivity contribution in [3.8, 4) is 0 Å². The molecule has 1 aromatic carbocycles. The average Bonchev–Trinajstić information content (AvgIpc) is 3.03. The Bertz CT molecular complexity index is 732. The Morgan fingerprint density at radius 3 is 2.77 bits per heavy atom. The largest absolute Gasteiger partial charge is 0.356 e. The highest BCUT2D eigenvalue weighted by Crippen LogP contribution is 2.11. The number of thiazole rings is 1. The van der Waals surface area contributed by atoms with Gasteiger partial charge < -0.3 is 16.0 Å². The van der Waals surface area contributed by atoms with E-state index in [-0.39, 0.29) is 36.4 Å². The lowest BCUT2D eigenvalue weighted by Crippen LogP contribution is -2.42. The molecule has 0 saturated carbocycles. The van der Waals surface area contributed by atoms with Crippen LogP contribution in [0.3, 0.4) is 0 Å². The molecule has 142 valence electrons. The van der Waals surface area contributed by atoms with Gasteiger partial charge in [0.25, 0.3) is 0 Å². The van der Waals surface area contributed by atoms with Gasteiger partial charge in [-0.05, 0) is 31.0 Å². The number of anilines is 1. The van der Waals surface area contributed by atoms with Gasteiger partial charge >= 0.3 is 0 Å². The Hall–Kier alpha value is -1.68. The zero-order valence-electron chi connectivity index (χ0n) is 15.3. The number of halogens is 1. The molecular formula is C18H26IN5OS. The van der Waals surface area contributed by atoms with Gasteiger partial charge in [0.15, 0.2) is 5.96 Å². The van der Waals surface area contributed by atoms with Gasteiger partial charge in [-0.25, -0.2) is 4.98 Å². The summed E-state index contributed by atoms with van der Waals surface area (Å²) < 4.78 is 0. The first-order chi connectivity index (χ1) is 12.1. The number of nitrogens with zero attached hydrogens (tertiary/aromatic N) is 2. The Balaban J connectivity index is 0.00000338. The summed E-state index contributed by atoms with van der Waals surface area (Å²) in [5, 5.41) is 10.2. The lowest BCUT2D eigenvalue weighted by molar-refractivity contribution is -0.115. The predicted octanol–water partition coefficient (Wildman–Crippen LogP) is 2.98. The molecule has 1 aromatic heterocycles. The van der Waals surface area contributed by atoms with Crippen molar-refractivity contribution in [2.45, 2.75) is 26.7 Å². The number of amides is 1. The molecule has 6 nitrogen and oxygen atoms in total. The summed E-state index contributed by atoms with van der Waals surface area (Å²) in [5.41, 5.74) is 2.01. The second-order valence-electron chi connectivity index (χ2n) is 5.57. The minimum absolute atomic E-state index is 0. The smallest absolute Gasteiger partial charge is 0.243 e. The van der Waals surface area contributed by atoms with Crippen LogP contribution in [0.25, 0.3) is 0 Å². The monoisotopic (exact) mass is 487 g/mol. The van der Waals surface area contributed by atoms with Gasteiger partial charge in [-0.3, -0.25) is 9.79 Å². The molecule has 0 aliphatic heterocycles. The molecule has 2 rings (SSSR count). The van der Waals surface area contributed by atoms with E-state index < -0.39 is 0 Å². The highest BCUT2D eigenvalue weighted by Gasteiger charge is 2.05. The van der Waals surface area contributed by atoms with Crippen molar-refractivity contribution in [2.24, 2.45) is 4.99 Å². The van der Waals surface area contributed by atoms with Crippen LogP contribution in [-0.4, -0.2) is 37.0 Å². The van der Waals surface area contributed by atoms with Crippen LogP contribution in [0.5, 0.6) is 0 Å². The van der Waals surface area contributed by atoms with E-state index in [1.54, 1.807) is 18.4 Å². The van der Waals surface area contributed by atoms with E-state index in [0.29, 0.717) is 12.5 Å². The third-order valence-electron chi connectivity index (χ3n) is 3.56. The van der Waals surface area contributed by atoms with Crippen molar-refractivity contribution in [2.75, 3.05) is 25.5 Å². The lowest BCUT2D eigenvalue weighted by Gasteiger charge is -2.12. The SMILES string of the molecule is CCc1cccc(NC(=O)CNC(=NC)NCCc2ncc(C)s2)c1.I. The van der Waals surface area contributed by atoms with Crippen molar-refractivity contribution < 1.29 is 4.79 Å². The van der Waals surface area contributed by atoms with Crippen LogP contribution in [0.2, 0.25) is 0 Å². The molecule has 0 fully saturated rings. The normalized spacial score (nSPS) is 10.8. The van der Waals surface area contributed by atoms with E-state index in [1.807, 2.05) is 37.4 Å². The van der Waals surface area contributed by atoms with E-state index >= 15 is 0 Å². The van der Waals surface area contributed by atoms with Gasteiger partial charge in [0, 0.05) is 36.8 Å². The van der Waals surface area contributed by atoms with Gasteiger partial charge in [0.1, 0.15) is 0 Å². The Morgan fingerprint density at radius 2 is 2.12 bits per heavy atom. The van der Waals surface area contributed by atoms with Gasteiger partial charge in [0.2, 0.25) is 5.91 Å². The molecule has 0 aliphatic rings. The molecule has 8 heteroatoms. The van der Waals surface area contributed by atoms with Gasteiger partial charge in [-0.2, -0.15) is 0 Å². The molecular weight excluding hydrogens is 461 g/mol. The number of rotatable bonds is 7. The maximum absolute atomic E-state index is 12.1. The van der Waals surface area contributed by atoms with Crippen LogP contribution < -0.4 is 16.0 Å². The quantitative estimate of drug-likeness (QED) is 0.319. The van der Waals surface area contributed by atoms with Crippen molar-refractivity contribution >= 4 is 52.9 Å². The fraction of sp³-hybridized carbons (Fsp3) is 0.389. The number of guanidine groups is 1. The first kappa shape index (κ1) is 22.4. The third kappa shape index (κ3) is 7.69. The fourth-order valence-electron chi connectivity index (χ4n) is 2.26. The van der Waals surface area contributed by atoms with Crippen molar-refractivity contribution in [1.82, 2.24) is 15.6 Å². The molecule has 3 N–H and O–H groups in total. The van der Waals surface area contributed by atoms with E-state index in [4.69, 9.17) is 0 Å². The topological polar surface area (TPSA) is 78.4 Å². The van der Waals surface area contributed by atoms with E-state index in [9.17, 15) is 4.79 Å². The van der Waals surface area contributed by atoms with E-state index in [0.717, 1.165) is 23.5 Å². The van der Waals surface area contributed by atoms with Gasteiger partial charge in [-0.1, -0.05) is 19.1 Å². The summed E-state index contributed by atoms with van der Waals surface area (Å²) in [6, 6.07) is 7.87. The average molecular weight is 487 g/mol. The number of hydrogen-bond donors (Lipinski definition) is 3. The number of aromatic nitrogens is 1. The number of benzene rings is 1. The molecule has 2 aromatic rings. The van der Waals surface area contributed by atoms with Gasteiger partial charge in [-0.15, -0.1) is 35.3 Å². The van der Waals surface area contributed by atoms with Crippen LogP contribution >= 0.6 is 35.3 Å². The number of aliphatic imine (C=N–C) groups is 1. The minimum atomic E-state index is -0.105. The maximum Gasteiger partial charge on any atom is 0.243 e. The zero-order valence-corrected chi connectivity index (χ0v) is 18.5. The fourth-order valence-corrected chi connectivity index (χ4v) is 3.05. The number of hydrogen-bond acceptors (Lipinski definition) is 4. The number of carbonyl (C=O) groups excluding carboxylic acids is 1. The molecule has 26 heavy (non-hydrogen) atoms. The number of carbonyl (C=O) groups is 1. The van der Waals surface area contributed by atoms with Crippen molar-refractivity contribution in [3.05, 3.63) is 45.9 Å². The molecule has 0 unspecified atom stereocenters. The van der Waals surface area contributed by atoms with E-state index in [2.05, 4.69) is 32.9 Å². The summed E-state index contributed by atoms with van der Waals surface area (Å²) in [5.74, 6) is 0.498. The van der Waals surface area contributed by atoms with E-state index in [1.165, 1.54) is 10.4 Å². The van der Waals surface area contributed by atoms with Crippen molar-refractivity contribution in [3.63, 3.8) is 0 Å². The molecule has 0 atom stereocenters. The number of nitrogens with one attached hydrogen (secondary N) is 3. The molecule has 0 radical (unpaired) electrons. The van der Waals surface area contributed by atoms with Crippen LogP contribution in [-0.2, 0) is 17.6 Å². The van der Waals surface area contributed by atoms with Crippen LogP contribution in [0.4, 0.5) is 5.69 Å². The molecule has 1 heterocycles. The maximum atomic E-state index is 12.1. The predicted molar refractivity (Wildman–Crippen MR) is 120 cm³/mol. The first-order valence-corrected chi connectivity index (χ1v) is 9.17. The zero-order chi connectivity index (χ0) is 18.1. The van der Waals surface area contributed by atoms with Crippen LogP contribution in [0.15, 0.2) is 35.5 Å². The summed E-state index contributed by atoms with van der Waals surface area (Å²) in [6.45, 7) is 5.01.